The van der Waals surface area contributed by atoms with Gasteiger partial charge < -0.3 is 0 Å². The molecule has 4 aromatic carbocycles. The summed E-state index contributed by atoms with van der Waals surface area (Å²) in [4.78, 5) is 0.254. The number of rotatable bonds is 5. The second-order valence-corrected chi connectivity index (χ2v) is 10.3. The molecular formula is C32H25NO2S. The standard InChI is InChI=1S/C32H25NO2S/c1-25-19-22-28(23-20-25)36(34,35)33-31-17-9-8-16-29(31)30(24-21-27-13-6-3-7-14-27)32(33)18-10-15-26-11-4-2-5-12-26/h2-17,19-20,22-23H,18H2,1H3/b15-10+. The second kappa shape index (κ2) is 10.1. The van der Waals surface area contributed by atoms with Gasteiger partial charge in [0.15, 0.2) is 0 Å². The van der Waals surface area contributed by atoms with Crippen LogP contribution in [0.1, 0.15) is 27.9 Å². The first-order valence-electron chi connectivity index (χ1n) is 11.8. The van der Waals surface area contributed by atoms with E-state index in [1.165, 1.54) is 3.97 Å². The molecule has 1 aromatic heterocycles. The van der Waals surface area contributed by atoms with Crippen molar-refractivity contribution in [2.75, 3.05) is 0 Å². The molecule has 5 rings (SSSR count). The van der Waals surface area contributed by atoms with Gasteiger partial charge in [-0.3, -0.25) is 0 Å². The fraction of sp³-hybridized carbons (Fsp3) is 0.0625. The molecule has 1 heterocycles. The number of aromatic nitrogens is 1. The monoisotopic (exact) mass is 487 g/mol. The average Bonchev–Trinajstić information content (AvgIpc) is 3.23. The molecule has 0 atom stereocenters. The SMILES string of the molecule is Cc1ccc(S(=O)(=O)n2c(C/C=C/c3ccccc3)c(C#Cc3ccccc3)c3ccccc32)cc1. The van der Waals surface area contributed by atoms with Gasteiger partial charge in [0.05, 0.1) is 21.7 Å². The zero-order chi connectivity index (χ0) is 25.0. The molecule has 0 N–H and O–H groups in total. The minimum absolute atomic E-state index is 0.254. The lowest BCUT2D eigenvalue weighted by atomic mass is 10.1. The highest BCUT2D eigenvalue weighted by Crippen LogP contribution is 2.31. The summed E-state index contributed by atoms with van der Waals surface area (Å²) < 4.78 is 29.5. The number of allylic oxidation sites excluding steroid dienone is 1. The van der Waals surface area contributed by atoms with Crippen LogP contribution in [-0.4, -0.2) is 12.4 Å². The Morgan fingerprint density at radius 3 is 2.11 bits per heavy atom. The fourth-order valence-electron chi connectivity index (χ4n) is 4.21. The van der Waals surface area contributed by atoms with Gasteiger partial charge in [0.25, 0.3) is 10.0 Å². The van der Waals surface area contributed by atoms with E-state index in [2.05, 4.69) is 11.8 Å². The van der Waals surface area contributed by atoms with Gasteiger partial charge in [-0.2, -0.15) is 0 Å². The average molecular weight is 488 g/mol. The Kier molecular flexibility index (Phi) is 6.58. The van der Waals surface area contributed by atoms with Crippen molar-refractivity contribution >= 4 is 27.0 Å². The lowest BCUT2D eigenvalue weighted by Crippen LogP contribution is -2.16. The Bertz CT molecular complexity index is 1700. The number of fused-ring (bicyclic) bond motifs is 1. The van der Waals surface area contributed by atoms with Gasteiger partial charge in [-0.1, -0.05) is 108 Å². The van der Waals surface area contributed by atoms with E-state index in [1.54, 1.807) is 12.1 Å². The van der Waals surface area contributed by atoms with Gasteiger partial charge in [-0.05, 0) is 42.8 Å². The van der Waals surface area contributed by atoms with Gasteiger partial charge in [-0.15, -0.1) is 0 Å². The van der Waals surface area contributed by atoms with Gasteiger partial charge in [0.1, 0.15) is 0 Å². The number of para-hydroxylation sites is 1. The molecule has 176 valence electrons. The van der Waals surface area contributed by atoms with E-state index in [4.69, 9.17) is 0 Å². The Morgan fingerprint density at radius 1 is 0.750 bits per heavy atom. The van der Waals surface area contributed by atoms with Crippen molar-refractivity contribution < 1.29 is 8.42 Å². The lowest BCUT2D eigenvalue weighted by Gasteiger charge is -2.12. The predicted octanol–water partition coefficient (Wildman–Crippen LogP) is 6.84. The van der Waals surface area contributed by atoms with E-state index in [0.29, 0.717) is 17.6 Å². The summed E-state index contributed by atoms with van der Waals surface area (Å²) in [7, 11) is -3.86. The molecular weight excluding hydrogens is 462 g/mol. The molecule has 0 aliphatic heterocycles. The third-order valence-electron chi connectivity index (χ3n) is 6.01. The van der Waals surface area contributed by atoms with E-state index in [-0.39, 0.29) is 4.90 Å². The van der Waals surface area contributed by atoms with Crippen molar-refractivity contribution in [1.82, 2.24) is 3.97 Å². The smallest absolute Gasteiger partial charge is 0.236 e. The van der Waals surface area contributed by atoms with E-state index in [0.717, 1.165) is 27.6 Å². The summed E-state index contributed by atoms with van der Waals surface area (Å²) >= 11 is 0. The molecule has 0 radical (unpaired) electrons. The number of benzene rings is 4. The van der Waals surface area contributed by atoms with Gasteiger partial charge in [0.2, 0.25) is 0 Å². The largest absolute Gasteiger partial charge is 0.268 e. The van der Waals surface area contributed by atoms with Crippen molar-refractivity contribution in [3.8, 4) is 11.8 Å². The summed E-state index contributed by atoms with van der Waals surface area (Å²) in [5.74, 6) is 6.54. The number of nitrogens with zero attached hydrogens (tertiary/aromatic N) is 1. The van der Waals surface area contributed by atoms with E-state index < -0.39 is 10.0 Å². The molecule has 0 fully saturated rings. The summed E-state index contributed by atoms with van der Waals surface area (Å²) in [6.45, 7) is 1.94. The maximum Gasteiger partial charge on any atom is 0.268 e. The second-order valence-electron chi connectivity index (χ2n) is 8.55. The number of aryl methyl sites for hydroxylation is 1. The number of hydrogen-bond donors (Lipinski definition) is 0. The van der Waals surface area contributed by atoms with Crippen LogP contribution < -0.4 is 0 Å². The zero-order valence-electron chi connectivity index (χ0n) is 19.9. The van der Waals surface area contributed by atoms with Gasteiger partial charge in [-0.25, -0.2) is 12.4 Å². The van der Waals surface area contributed by atoms with Crippen molar-refractivity contribution in [3.05, 3.63) is 143 Å². The minimum Gasteiger partial charge on any atom is -0.236 e. The molecule has 0 spiro atoms. The molecule has 0 saturated carbocycles. The Hall–Kier alpha value is -4.33. The first kappa shape index (κ1) is 23.4. The van der Waals surface area contributed by atoms with Crippen LogP contribution in [0.15, 0.2) is 120 Å². The minimum atomic E-state index is -3.86. The maximum atomic E-state index is 14.0. The molecule has 36 heavy (non-hydrogen) atoms. The van der Waals surface area contributed by atoms with Crippen LogP contribution in [0.3, 0.4) is 0 Å². The van der Waals surface area contributed by atoms with E-state index in [1.807, 2.05) is 116 Å². The highest BCUT2D eigenvalue weighted by molar-refractivity contribution is 7.90. The lowest BCUT2D eigenvalue weighted by molar-refractivity contribution is 0.587. The first-order valence-corrected chi connectivity index (χ1v) is 13.2. The molecule has 0 amide bonds. The van der Waals surface area contributed by atoms with E-state index in [9.17, 15) is 8.42 Å². The van der Waals surface area contributed by atoms with Gasteiger partial charge in [0, 0.05) is 17.4 Å². The van der Waals surface area contributed by atoms with Crippen LogP contribution in [0, 0.1) is 18.8 Å². The van der Waals surface area contributed by atoms with Crippen LogP contribution in [-0.2, 0) is 16.4 Å². The summed E-state index contributed by atoms with van der Waals surface area (Å²) in [5.41, 5.74) is 4.93. The van der Waals surface area contributed by atoms with Crippen molar-refractivity contribution in [1.29, 1.82) is 0 Å². The summed E-state index contributed by atoms with van der Waals surface area (Å²) in [5, 5.41) is 0.819. The maximum absolute atomic E-state index is 14.0. The quantitative estimate of drug-likeness (QED) is 0.255. The highest BCUT2D eigenvalue weighted by Gasteiger charge is 2.25. The van der Waals surface area contributed by atoms with Crippen LogP contribution in [0.4, 0.5) is 0 Å². The number of hydrogen-bond acceptors (Lipinski definition) is 2. The third-order valence-corrected chi connectivity index (χ3v) is 7.78. The van der Waals surface area contributed by atoms with Crippen LogP contribution >= 0.6 is 0 Å². The molecule has 5 aromatic rings. The van der Waals surface area contributed by atoms with Crippen molar-refractivity contribution in [2.24, 2.45) is 0 Å². The molecule has 0 aliphatic carbocycles. The molecule has 3 nitrogen and oxygen atoms in total. The highest BCUT2D eigenvalue weighted by atomic mass is 32.2. The third kappa shape index (κ3) is 4.75. The van der Waals surface area contributed by atoms with Crippen molar-refractivity contribution in [2.45, 2.75) is 18.2 Å². The first-order chi connectivity index (χ1) is 17.5. The zero-order valence-corrected chi connectivity index (χ0v) is 20.7. The Morgan fingerprint density at radius 2 is 1.39 bits per heavy atom. The topological polar surface area (TPSA) is 39.1 Å². The molecule has 4 heteroatoms. The summed E-state index contributed by atoms with van der Waals surface area (Å²) in [6, 6.07) is 34.3. The normalized spacial score (nSPS) is 11.5. The molecule has 0 bridgehead atoms. The van der Waals surface area contributed by atoms with Crippen LogP contribution in [0.5, 0.6) is 0 Å². The fourth-order valence-corrected chi connectivity index (χ4v) is 5.77. The van der Waals surface area contributed by atoms with Crippen molar-refractivity contribution in [3.63, 3.8) is 0 Å². The Labute approximate surface area is 212 Å². The van der Waals surface area contributed by atoms with Crippen LogP contribution in [0.25, 0.3) is 17.0 Å². The predicted molar refractivity (Wildman–Crippen MR) is 147 cm³/mol. The molecule has 0 aliphatic rings. The van der Waals surface area contributed by atoms with E-state index >= 15 is 0 Å². The summed E-state index contributed by atoms with van der Waals surface area (Å²) in [6.07, 6.45) is 4.42. The van der Waals surface area contributed by atoms with Gasteiger partial charge >= 0.3 is 0 Å². The molecule has 0 saturated heterocycles. The Balaban J connectivity index is 1.72. The molecule has 0 unspecified atom stereocenters. The van der Waals surface area contributed by atoms with Crippen LogP contribution in [0.2, 0.25) is 0 Å².